The predicted molar refractivity (Wildman–Crippen MR) is 77.8 cm³/mol. The van der Waals surface area contributed by atoms with E-state index < -0.39 is 11.9 Å². The fraction of sp³-hybridized carbons (Fsp3) is 0.533. The molecule has 21 heavy (non-hydrogen) atoms. The molecule has 0 bridgehead atoms. The zero-order valence-electron chi connectivity index (χ0n) is 11.6. The van der Waals surface area contributed by atoms with Gasteiger partial charge in [-0.15, -0.1) is 0 Å². The maximum Gasteiger partial charge on any atom is 0.308 e. The molecule has 2 N–H and O–H groups in total. The van der Waals surface area contributed by atoms with Gasteiger partial charge in [0.2, 0.25) is 0 Å². The SMILES string of the molecule is O=C(O)C(CNCc1c(F)cccc1Cl)C1CCOCC1. The second-order valence-corrected chi connectivity index (χ2v) is 5.63. The van der Waals surface area contributed by atoms with Crippen LogP contribution in [0.5, 0.6) is 0 Å². The normalized spacial score (nSPS) is 17.6. The Balaban J connectivity index is 1.91. The maximum atomic E-state index is 13.6. The average molecular weight is 316 g/mol. The Labute approximate surface area is 128 Å². The summed E-state index contributed by atoms with van der Waals surface area (Å²) in [5.74, 6) is -1.60. The van der Waals surface area contributed by atoms with Crippen LogP contribution in [0.1, 0.15) is 18.4 Å². The fourth-order valence-corrected chi connectivity index (χ4v) is 2.86. The van der Waals surface area contributed by atoms with Gasteiger partial charge in [-0.1, -0.05) is 17.7 Å². The molecule has 2 rings (SSSR count). The van der Waals surface area contributed by atoms with Gasteiger partial charge in [0.25, 0.3) is 0 Å². The van der Waals surface area contributed by atoms with Crippen molar-refractivity contribution in [1.82, 2.24) is 5.32 Å². The number of carboxylic acids is 1. The summed E-state index contributed by atoms with van der Waals surface area (Å²) in [7, 11) is 0. The maximum absolute atomic E-state index is 13.6. The van der Waals surface area contributed by atoms with Gasteiger partial charge in [0.05, 0.1) is 5.92 Å². The third kappa shape index (κ3) is 4.40. The van der Waals surface area contributed by atoms with E-state index in [1.807, 2.05) is 0 Å². The fourth-order valence-electron chi connectivity index (χ4n) is 2.63. The summed E-state index contributed by atoms with van der Waals surface area (Å²) in [4.78, 5) is 11.4. The first kappa shape index (κ1) is 16.2. The third-order valence-corrected chi connectivity index (χ3v) is 4.23. The molecule has 1 aromatic rings. The molecule has 0 aliphatic carbocycles. The Morgan fingerprint density at radius 2 is 2.19 bits per heavy atom. The van der Waals surface area contributed by atoms with Crippen LogP contribution in [-0.2, 0) is 16.1 Å². The first-order valence-electron chi connectivity index (χ1n) is 7.03. The predicted octanol–water partition coefficient (Wildman–Crippen LogP) is 2.70. The van der Waals surface area contributed by atoms with Gasteiger partial charge in [-0.2, -0.15) is 0 Å². The molecular weight excluding hydrogens is 297 g/mol. The summed E-state index contributed by atoms with van der Waals surface area (Å²) >= 11 is 5.94. The number of ether oxygens (including phenoxy) is 1. The molecule has 116 valence electrons. The highest BCUT2D eigenvalue weighted by atomic mass is 35.5. The van der Waals surface area contributed by atoms with E-state index in [-0.39, 0.29) is 18.3 Å². The standard InChI is InChI=1S/C15H19ClFNO3/c16-13-2-1-3-14(17)12(13)9-18-8-11(15(19)20)10-4-6-21-7-5-10/h1-3,10-11,18H,4-9H2,(H,19,20). The van der Waals surface area contributed by atoms with Gasteiger partial charge in [-0.3, -0.25) is 4.79 Å². The molecule has 0 spiro atoms. The molecule has 6 heteroatoms. The summed E-state index contributed by atoms with van der Waals surface area (Å²) in [5.41, 5.74) is 0.371. The van der Waals surface area contributed by atoms with E-state index in [4.69, 9.17) is 16.3 Å². The van der Waals surface area contributed by atoms with Crippen LogP contribution in [0, 0.1) is 17.7 Å². The van der Waals surface area contributed by atoms with E-state index in [0.29, 0.717) is 30.3 Å². The van der Waals surface area contributed by atoms with Crippen molar-refractivity contribution in [2.45, 2.75) is 19.4 Å². The zero-order valence-corrected chi connectivity index (χ0v) is 12.4. The lowest BCUT2D eigenvalue weighted by atomic mass is 9.86. The smallest absolute Gasteiger partial charge is 0.308 e. The van der Waals surface area contributed by atoms with Crippen molar-refractivity contribution in [2.24, 2.45) is 11.8 Å². The number of nitrogens with one attached hydrogen (secondary N) is 1. The van der Waals surface area contributed by atoms with Crippen LogP contribution in [0.4, 0.5) is 4.39 Å². The number of hydrogen-bond donors (Lipinski definition) is 2. The lowest BCUT2D eigenvalue weighted by molar-refractivity contribution is -0.144. The monoisotopic (exact) mass is 315 g/mol. The Morgan fingerprint density at radius 3 is 2.81 bits per heavy atom. The second kappa shape index (κ2) is 7.73. The molecule has 1 unspecified atom stereocenters. The van der Waals surface area contributed by atoms with Crippen molar-refractivity contribution in [3.8, 4) is 0 Å². The second-order valence-electron chi connectivity index (χ2n) is 5.23. The molecule has 0 aromatic heterocycles. The molecule has 1 aliphatic rings. The van der Waals surface area contributed by atoms with Crippen LogP contribution in [0.25, 0.3) is 0 Å². The molecule has 1 saturated heterocycles. The molecule has 0 radical (unpaired) electrons. The van der Waals surface area contributed by atoms with Crippen LogP contribution in [0.15, 0.2) is 18.2 Å². The minimum atomic E-state index is -0.825. The minimum absolute atomic E-state index is 0.0971. The van der Waals surface area contributed by atoms with Gasteiger partial charge in [0, 0.05) is 36.9 Å². The summed E-state index contributed by atoms with van der Waals surface area (Å²) in [6, 6.07) is 4.51. The molecule has 1 atom stereocenters. The van der Waals surface area contributed by atoms with E-state index in [1.165, 1.54) is 6.07 Å². The largest absolute Gasteiger partial charge is 0.481 e. The first-order chi connectivity index (χ1) is 10.1. The molecule has 1 aliphatic heterocycles. The quantitative estimate of drug-likeness (QED) is 0.847. The highest BCUT2D eigenvalue weighted by Gasteiger charge is 2.29. The number of rotatable bonds is 6. The Hall–Kier alpha value is -1.17. The van der Waals surface area contributed by atoms with Gasteiger partial charge >= 0.3 is 5.97 Å². The van der Waals surface area contributed by atoms with E-state index in [1.54, 1.807) is 12.1 Å². The summed E-state index contributed by atoms with van der Waals surface area (Å²) in [6.45, 7) is 1.73. The van der Waals surface area contributed by atoms with Crippen molar-refractivity contribution in [2.75, 3.05) is 19.8 Å². The third-order valence-electron chi connectivity index (χ3n) is 3.88. The number of hydrogen-bond acceptors (Lipinski definition) is 3. The molecule has 0 amide bonds. The number of carbonyl (C=O) groups is 1. The number of halogens is 2. The van der Waals surface area contributed by atoms with Gasteiger partial charge in [-0.25, -0.2) is 4.39 Å². The summed E-state index contributed by atoms with van der Waals surface area (Å²) in [5, 5.41) is 12.7. The van der Waals surface area contributed by atoms with Gasteiger partial charge in [-0.05, 0) is 30.9 Å². The highest BCUT2D eigenvalue weighted by Crippen LogP contribution is 2.24. The average Bonchev–Trinajstić information content (AvgIpc) is 2.46. The van der Waals surface area contributed by atoms with Crippen LogP contribution >= 0.6 is 11.6 Å². The van der Waals surface area contributed by atoms with E-state index in [9.17, 15) is 14.3 Å². The number of benzene rings is 1. The summed E-state index contributed by atoms with van der Waals surface area (Å²) < 4.78 is 18.9. The van der Waals surface area contributed by atoms with Crippen molar-refractivity contribution >= 4 is 17.6 Å². The van der Waals surface area contributed by atoms with Gasteiger partial charge in [0.15, 0.2) is 0 Å². The van der Waals surface area contributed by atoms with Crippen molar-refractivity contribution < 1.29 is 19.0 Å². The van der Waals surface area contributed by atoms with Crippen molar-refractivity contribution in [3.63, 3.8) is 0 Å². The lowest BCUT2D eigenvalue weighted by Crippen LogP contribution is -2.36. The van der Waals surface area contributed by atoms with E-state index in [0.717, 1.165) is 12.8 Å². The first-order valence-corrected chi connectivity index (χ1v) is 7.41. The molecule has 1 aromatic carbocycles. The number of aliphatic carboxylic acids is 1. The summed E-state index contributed by atoms with van der Waals surface area (Å²) in [6.07, 6.45) is 1.50. The minimum Gasteiger partial charge on any atom is -0.481 e. The molecule has 0 saturated carbocycles. The van der Waals surface area contributed by atoms with Gasteiger partial charge in [0.1, 0.15) is 5.82 Å². The molecule has 1 fully saturated rings. The van der Waals surface area contributed by atoms with Crippen LogP contribution < -0.4 is 5.32 Å². The highest BCUT2D eigenvalue weighted by molar-refractivity contribution is 6.31. The van der Waals surface area contributed by atoms with E-state index >= 15 is 0 Å². The molecule has 4 nitrogen and oxygen atoms in total. The van der Waals surface area contributed by atoms with Crippen LogP contribution in [-0.4, -0.2) is 30.8 Å². The Kier molecular flexibility index (Phi) is 5.96. The Bertz CT molecular complexity index is 472. The van der Waals surface area contributed by atoms with Crippen molar-refractivity contribution in [1.29, 1.82) is 0 Å². The zero-order chi connectivity index (χ0) is 15.2. The number of carboxylic acid groups (broad SMARTS) is 1. The van der Waals surface area contributed by atoms with E-state index in [2.05, 4.69) is 5.32 Å². The molecular formula is C15H19ClFNO3. The Morgan fingerprint density at radius 1 is 1.48 bits per heavy atom. The molecule has 1 heterocycles. The van der Waals surface area contributed by atoms with Crippen LogP contribution in [0.3, 0.4) is 0 Å². The van der Waals surface area contributed by atoms with Crippen molar-refractivity contribution in [3.05, 3.63) is 34.6 Å². The lowest BCUT2D eigenvalue weighted by Gasteiger charge is -2.27. The van der Waals surface area contributed by atoms with Gasteiger partial charge < -0.3 is 15.2 Å². The topological polar surface area (TPSA) is 58.6 Å². The van der Waals surface area contributed by atoms with Crippen LogP contribution in [0.2, 0.25) is 5.02 Å².